The fourth-order valence-electron chi connectivity index (χ4n) is 1.60. The van der Waals surface area contributed by atoms with Gasteiger partial charge in [0.05, 0.1) is 10.7 Å². The van der Waals surface area contributed by atoms with Crippen molar-refractivity contribution in [2.24, 2.45) is 0 Å². The molecule has 1 N–H and O–H groups in total. The Hall–Kier alpha value is -2.28. The van der Waals surface area contributed by atoms with E-state index in [2.05, 4.69) is 10.1 Å². The van der Waals surface area contributed by atoms with Crippen molar-refractivity contribution in [1.29, 1.82) is 0 Å². The molecule has 2 aromatic carbocycles. The lowest BCUT2D eigenvalue weighted by Gasteiger charge is -2.10. The minimum atomic E-state index is -4.81. The molecule has 0 saturated carbocycles. The van der Waals surface area contributed by atoms with E-state index in [4.69, 9.17) is 11.6 Å². The van der Waals surface area contributed by atoms with Gasteiger partial charge in [0, 0.05) is 5.56 Å². The van der Waals surface area contributed by atoms with Crippen molar-refractivity contribution in [1.82, 2.24) is 0 Å². The highest BCUT2D eigenvalue weighted by Gasteiger charge is 2.31. The second-order valence-electron chi connectivity index (χ2n) is 4.13. The van der Waals surface area contributed by atoms with Crippen LogP contribution in [-0.2, 0) is 0 Å². The Balaban J connectivity index is 2.12. The summed E-state index contributed by atoms with van der Waals surface area (Å²) in [5.41, 5.74) is -0.0954. The molecule has 2 aromatic rings. The summed E-state index contributed by atoms with van der Waals surface area (Å²) in [6.45, 7) is 0. The molecule has 0 saturated heterocycles. The average Bonchev–Trinajstić information content (AvgIpc) is 2.43. The molecule has 0 aliphatic carbocycles. The molecule has 0 aliphatic heterocycles. The van der Waals surface area contributed by atoms with Gasteiger partial charge in [-0.15, -0.1) is 13.2 Å². The number of hydrogen-bond acceptors (Lipinski definition) is 2. The van der Waals surface area contributed by atoms with Crippen molar-refractivity contribution in [3.05, 3.63) is 58.9 Å². The summed E-state index contributed by atoms with van der Waals surface area (Å²) < 4.78 is 53.4. The second kappa shape index (κ2) is 6.23. The zero-order valence-electron chi connectivity index (χ0n) is 10.7. The van der Waals surface area contributed by atoms with E-state index in [9.17, 15) is 22.4 Å². The van der Waals surface area contributed by atoms with Crippen LogP contribution in [0.25, 0.3) is 0 Å². The number of amides is 1. The van der Waals surface area contributed by atoms with Gasteiger partial charge < -0.3 is 10.1 Å². The lowest BCUT2D eigenvalue weighted by molar-refractivity contribution is -0.274. The number of rotatable bonds is 3. The Morgan fingerprint density at radius 2 is 1.73 bits per heavy atom. The Bertz CT molecular complexity index is 686. The molecule has 1 amide bonds. The smallest absolute Gasteiger partial charge is 0.406 e. The molecule has 116 valence electrons. The predicted molar refractivity (Wildman–Crippen MR) is 72.5 cm³/mol. The van der Waals surface area contributed by atoms with Gasteiger partial charge in [0.1, 0.15) is 5.75 Å². The fourth-order valence-corrected chi connectivity index (χ4v) is 1.78. The minimum Gasteiger partial charge on any atom is -0.406 e. The summed E-state index contributed by atoms with van der Waals surface area (Å²) in [5, 5.41) is 2.11. The van der Waals surface area contributed by atoms with Crippen LogP contribution in [0.4, 0.5) is 23.2 Å². The third-order valence-electron chi connectivity index (χ3n) is 2.55. The van der Waals surface area contributed by atoms with Gasteiger partial charge in [-0.25, -0.2) is 4.39 Å². The van der Waals surface area contributed by atoms with Gasteiger partial charge in [-0.1, -0.05) is 17.7 Å². The largest absolute Gasteiger partial charge is 0.573 e. The Labute approximate surface area is 127 Å². The van der Waals surface area contributed by atoms with Crippen LogP contribution in [0.2, 0.25) is 5.02 Å². The number of halogens is 5. The maximum absolute atomic E-state index is 13.6. The van der Waals surface area contributed by atoms with Crippen LogP contribution in [0.5, 0.6) is 5.75 Å². The standard InChI is InChI=1S/C14H8ClF4NO2/c15-10-2-1-3-11(12(10)16)20-13(21)8-4-6-9(7-5-8)22-14(17,18)19/h1-7H,(H,20,21). The first-order valence-corrected chi connectivity index (χ1v) is 6.25. The van der Waals surface area contributed by atoms with Crippen molar-refractivity contribution in [2.75, 3.05) is 5.32 Å². The van der Waals surface area contributed by atoms with Crippen LogP contribution in [0.1, 0.15) is 10.4 Å². The van der Waals surface area contributed by atoms with Gasteiger partial charge in [-0.05, 0) is 36.4 Å². The molecule has 0 spiro atoms. The summed E-state index contributed by atoms with van der Waals surface area (Å²) in [6.07, 6.45) is -4.81. The van der Waals surface area contributed by atoms with E-state index < -0.39 is 23.8 Å². The maximum atomic E-state index is 13.6. The van der Waals surface area contributed by atoms with Crippen molar-refractivity contribution in [3.8, 4) is 5.75 Å². The van der Waals surface area contributed by atoms with Crippen LogP contribution in [0, 0.1) is 5.82 Å². The monoisotopic (exact) mass is 333 g/mol. The van der Waals surface area contributed by atoms with Crippen molar-refractivity contribution >= 4 is 23.2 Å². The van der Waals surface area contributed by atoms with E-state index in [-0.39, 0.29) is 16.3 Å². The minimum absolute atomic E-state index is 0.0360. The topological polar surface area (TPSA) is 38.3 Å². The zero-order valence-corrected chi connectivity index (χ0v) is 11.5. The number of nitrogens with one attached hydrogen (secondary N) is 1. The first-order chi connectivity index (χ1) is 10.3. The highest BCUT2D eigenvalue weighted by atomic mass is 35.5. The van der Waals surface area contributed by atoms with E-state index in [1.54, 1.807) is 0 Å². The van der Waals surface area contributed by atoms with Gasteiger partial charge >= 0.3 is 6.36 Å². The van der Waals surface area contributed by atoms with Crippen LogP contribution in [0.15, 0.2) is 42.5 Å². The Kier molecular flexibility index (Phi) is 4.56. The van der Waals surface area contributed by atoms with E-state index >= 15 is 0 Å². The number of anilines is 1. The molecule has 0 bridgehead atoms. The molecule has 2 rings (SSSR count). The third kappa shape index (κ3) is 4.11. The van der Waals surface area contributed by atoms with Crippen LogP contribution >= 0.6 is 11.6 Å². The number of hydrogen-bond donors (Lipinski definition) is 1. The van der Waals surface area contributed by atoms with Crippen LogP contribution < -0.4 is 10.1 Å². The highest BCUT2D eigenvalue weighted by Crippen LogP contribution is 2.24. The molecular formula is C14H8ClF4NO2. The summed E-state index contributed by atoms with van der Waals surface area (Å²) in [4.78, 5) is 11.9. The lowest BCUT2D eigenvalue weighted by Crippen LogP contribution is -2.17. The summed E-state index contributed by atoms with van der Waals surface area (Å²) in [6, 6.07) is 8.28. The van der Waals surface area contributed by atoms with E-state index in [1.165, 1.54) is 18.2 Å². The molecule has 0 heterocycles. The van der Waals surface area contributed by atoms with Gasteiger partial charge in [0.25, 0.3) is 5.91 Å². The molecule has 0 atom stereocenters. The molecule has 8 heteroatoms. The molecule has 3 nitrogen and oxygen atoms in total. The normalized spacial score (nSPS) is 11.1. The molecule has 0 radical (unpaired) electrons. The first kappa shape index (κ1) is 16.1. The zero-order chi connectivity index (χ0) is 16.3. The number of carbonyl (C=O) groups is 1. The molecule has 0 aliphatic rings. The van der Waals surface area contributed by atoms with Crippen molar-refractivity contribution in [3.63, 3.8) is 0 Å². The number of alkyl halides is 3. The molecular weight excluding hydrogens is 326 g/mol. The van der Waals surface area contributed by atoms with Gasteiger partial charge in [0.2, 0.25) is 0 Å². The Morgan fingerprint density at radius 1 is 1.09 bits per heavy atom. The van der Waals surface area contributed by atoms with Crippen LogP contribution in [-0.4, -0.2) is 12.3 Å². The molecule has 0 unspecified atom stereocenters. The maximum Gasteiger partial charge on any atom is 0.573 e. The van der Waals surface area contributed by atoms with Gasteiger partial charge in [-0.2, -0.15) is 0 Å². The fraction of sp³-hybridized carbons (Fsp3) is 0.0714. The van der Waals surface area contributed by atoms with Crippen molar-refractivity contribution in [2.45, 2.75) is 6.36 Å². The summed E-state index contributed by atoms with van der Waals surface area (Å²) in [7, 11) is 0. The molecule has 0 aromatic heterocycles. The number of benzene rings is 2. The first-order valence-electron chi connectivity index (χ1n) is 5.87. The Morgan fingerprint density at radius 3 is 2.32 bits per heavy atom. The molecule has 0 fully saturated rings. The third-order valence-corrected chi connectivity index (χ3v) is 2.84. The lowest BCUT2D eigenvalue weighted by atomic mass is 10.2. The predicted octanol–water partition coefficient (Wildman–Crippen LogP) is 4.63. The SMILES string of the molecule is O=C(Nc1cccc(Cl)c1F)c1ccc(OC(F)(F)F)cc1. The van der Waals surface area contributed by atoms with E-state index in [1.807, 2.05) is 0 Å². The molecule has 22 heavy (non-hydrogen) atoms. The van der Waals surface area contributed by atoms with E-state index in [0.717, 1.165) is 24.3 Å². The number of carbonyl (C=O) groups excluding carboxylic acids is 1. The highest BCUT2D eigenvalue weighted by molar-refractivity contribution is 6.31. The quantitative estimate of drug-likeness (QED) is 0.832. The van der Waals surface area contributed by atoms with Crippen molar-refractivity contribution < 1.29 is 27.1 Å². The van der Waals surface area contributed by atoms with Gasteiger partial charge in [-0.3, -0.25) is 4.79 Å². The van der Waals surface area contributed by atoms with Gasteiger partial charge in [0.15, 0.2) is 5.82 Å². The number of ether oxygens (including phenoxy) is 1. The van der Waals surface area contributed by atoms with E-state index in [0.29, 0.717) is 0 Å². The summed E-state index contributed by atoms with van der Waals surface area (Å²) >= 11 is 5.58. The second-order valence-corrected chi connectivity index (χ2v) is 4.53. The average molecular weight is 334 g/mol. The summed E-state index contributed by atoms with van der Waals surface area (Å²) in [5.74, 6) is -1.95. The van der Waals surface area contributed by atoms with Crippen LogP contribution in [0.3, 0.4) is 0 Å².